The second kappa shape index (κ2) is 4.32. The maximum Gasteiger partial charge on any atom is 0.309 e. The number of nitrogens with zero attached hydrogens (tertiary/aromatic N) is 2. The average molecular weight is 200 g/mol. The van der Waals surface area contributed by atoms with Gasteiger partial charge in [-0.3, -0.25) is 4.79 Å². The number of benzene rings is 1. The minimum absolute atomic E-state index is 0.159. The highest BCUT2D eigenvalue weighted by atomic mass is 16.2. The molecular formula is C11H10N3O+. The van der Waals surface area contributed by atoms with Gasteiger partial charge in [0.1, 0.15) is 12.4 Å². The lowest BCUT2D eigenvalue weighted by Crippen LogP contribution is -2.48. The number of hydrogen-bond acceptors (Lipinski definition) is 2. The summed E-state index contributed by atoms with van der Waals surface area (Å²) >= 11 is 0. The van der Waals surface area contributed by atoms with Gasteiger partial charge in [-0.25, -0.2) is 0 Å². The van der Waals surface area contributed by atoms with Crippen molar-refractivity contribution in [3.63, 3.8) is 0 Å². The van der Waals surface area contributed by atoms with Gasteiger partial charge in [-0.2, -0.15) is 5.43 Å². The Morgan fingerprint density at radius 1 is 1.20 bits per heavy atom. The molecule has 2 aromatic rings. The van der Waals surface area contributed by atoms with Crippen molar-refractivity contribution in [3.8, 4) is 0 Å². The normalized spacial score (nSPS) is 9.60. The van der Waals surface area contributed by atoms with E-state index in [9.17, 15) is 4.79 Å². The predicted molar refractivity (Wildman–Crippen MR) is 54.6 cm³/mol. The highest BCUT2D eigenvalue weighted by Crippen LogP contribution is 1.97. The zero-order valence-electron chi connectivity index (χ0n) is 8.00. The Morgan fingerprint density at radius 2 is 2.00 bits per heavy atom. The molecule has 1 aromatic carbocycles. The first-order valence-corrected chi connectivity index (χ1v) is 4.54. The van der Waals surface area contributed by atoms with E-state index in [1.165, 1.54) is 11.0 Å². The molecule has 0 atom stereocenters. The van der Waals surface area contributed by atoms with Crippen LogP contribution in [0.1, 0.15) is 10.4 Å². The van der Waals surface area contributed by atoms with Gasteiger partial charge in [0.2, 0.25) is 0 Å². The van der Waals surface area contributed by atoms with Crippen molar-refractivity contribution in [1.82, 2.24) is 4.98 Å². The Morgan fingerprint density at radius 3 is 2.67 bits per heavy atom. The third kappa shape index (κ3) is 2.37. The summed E-state index contributed by atoms with van der Waals surface area (Å²) in [5.74, 6) is -0.159. The van der Waals surface area contributed by atoms with Gasteiger partial charge in [-0.1, -0.05) is 23.2 Å². The predicted octanol–water partition coefficient (Wildman–Crippen LogP) is 0.753. The number of nitrogens with one attached hydrogen (secondary N) is 1. The Kier molecular flexibility index (Phi) is 2.69. The minimum Gasteiger partial charge on any atom is -0.266 e. The number of carbonyl (C=O) groups is 1. The van der Waals surface area contributed by atoms with Crippen molar-refractivity contribution in [2.24, 2.45) is 0 Å². The summed E-state index contributed by atoms with van der Waals surface area (Å²) in [5.41, 5.74) is 3.29. The smallest absolute Gasteiger partial charge is 0.266 e. The van der Waals surface area contributed by atoms with Crippen molar-refractivity contribution in [2.75, 3.05) is 5.43 Å². The summed E-state index contributed by atoms with van der Waals surface area (Å²) < 4.78 is 1.51. The van der Waals surface area contributed by atoms with Crippen LogP contribution in [-0.2, 0) is 0 Å². The van der Waals surface area contributed by atoms with E-state index in [0.29, 0.717) is 5.56 Å². The van der Waals surface area contributed by atoms with Crippen molar-refractivity contribution in [3.05, 3.63) is 60.7 Å². The Balaban J connectivity index is 2.12. The molecular weight excluding hydrogens is 190 g/mol. The van der Waals surface area contributed by atoms with E-state index in [2.05, 4.69) is 10.4 Å². The molecule has 0 saturated heterocycles. The van der Waals surface area contributed by atoms with E-state index in [1.807, 2.05) is 18.2 Å². The molecule has 1 N–H and O–H groups in total. The molecule has 0 radical (unpaired) electrons. The van der Waals surface area contributed by atoms with Gasteiger partial charge in [0.15, 0.2) is 0 Å². The minimum atomic E-state index is -0.159. The molecule has 74 valence electrons. The highest BCUT2D eigenvalue weighted by Gasteiger charge is 2.06. The molecule has 0 bridgehead atoms. The van der Waals surface area contributed by atoms with Crippen LogP contribution in [0.3, 0.4) is 0 Å². The summed E-state index contributed by atoms with van der Waals surface area (Å²) in [7, 11) is 0. The van der Waals surface area contributed by atoms with Gasteiger partial charge < -0.3 is 0 Å². The topological polar surface area (TPSA) is 45.9 Å². The summed E-state index contributed by atoms with van der Waals surface area (Å²) in [6.45, 7) is 0. The highest BCUT2D eigenvalue weighted by molar-refractivity contribution is 5.98. The van der Waals surface area contributed by atoms with E-state index in [1.54, 1.807) is 30.6 Å². The van der Waals surface area contributed by atoms with Gasteiger partial charge >= 0.3 is 6.33 Å². The molecule has 0 aliphatic carbocycles. The van der Waals surface area contributed by atoms with Crippen LogP contribution < -0.4 is 10.1 Å². The molecule has 1 amide bonds. The number of carbonyl (C=O) groups excluding carboxylic acids is 1. The number of amides is 1. The van der Waals surface area contributed by atoms with Gasteiger partial charge in [0.25, 0.3) is 5.91 Å². The third-order valence-electron chi connectivity index (χ3n) is 1.88. The molecule has 4 nitrogen and oxygen atoms in total. The molecule has 0 aliphatic rings. The molecule has 0 spiro atoms. The van der Waals surface area contributed by atoms with Gasteiger partial charge in [0, 0.05) is 11.6 Å². The number of rotatable bonds is 2. The van der Waals surface area contributed by atoms with E-state index < -0.39 is 0 Å². The molecule has 2 rings (SSSR count). The van der Waals surface area contributed by atoms with Gasteiger partial charge in [-0.05, 0) is 12.1 Å². The summed E-state index contributed by atoms with van der Waals surface area (Å²) in [6.07, 6.45) is 4.89. The maximum absolute atomic E-state index is 11.7. The van der Waals surface area contributed by atoms with Crippen LogP contribution in [0.5, 0.6) is 0 Å². The standard InChI is InChI=1S/C11H9N3O/c15-11(10-5-2-1-3-6-10)13-14-8-4-7-12-9-14/h1-9H/p+1. The van der Waals surface area contributed by atoms with Crippen LogP contribution in [0.15, 0.2) is 55.1 Å². The molecule has 1 heterocycles. The molecule has 0 fully saturated rings. The average Bonchev–Trinajstić information content (AvgIpc) is 2.31. The van der Waals surface area contributed by atoms with Crippen LogP contribution in [0, 0.1) is 0 Å². The molecule has 4 heteroatoms. The van der Waals surface area contributed by atoms with Crippen LogP contribution in [0.2, 0.25) is 0 Å². The third-order valence-corrected chi connectivity index (χ3v) is 1.88. The molecule has 15 heavy (non-hydrogen) atoms. The van der Waals surface area contributed by atoms with Crippen LogP contribution in [0.4, 0.5) is 0 Å². The number of aromatic nitrogens is 2. The van der Waals surface area contributed by atoms with Gasteiger partial charge in [0.05, 0.1) is 0 Å². The van der Waals surface area contributed by atoms with E-state index in [4.69, 9.17) is 0 Å². The van der Waals surface area contributed by atoms with Crippen LogP contribution in [-0.4, -0.2) is 10.9 Å². The van der Waals surface area contributed by atoms with Crippen LogP contribution >= 0.6 is 0 Å². The van der Waals surface area contributed by atoms with Crippen molar-refractivity contribution >= 4 is 5.91 Å². The van der Waals surface area contributed by atoms with E-state index in [0.717, 1.165) is 0 Å². The maximum atomic E-state index is 11.7. The second-order valence-corrected chi connectivity index (χ2v) is 2.97. The fourth-order valence-corrected chi connectivity index (χ4v) is 1.17. The lowest BCUT2D eigenvalue weighted by molar-refractivity contribution is -0.644. The monoisotopic (exact) mass is 200 g/mol. The van der Waals surface area contributed by atoms with Gasteiger partial charge in [-0.15, -0.1) is 4.68 Å². The zero-order chi connectivity index (χ0) is 10.5. The molecule has 0 saturated carbocycles. The summed E-state index contributed by atoms with van der Waals surface area (Å²) in [4.78, 5) is 15.5. The fourth-order valence-electron chi connectivity index (χ4n) is 1.17. The fraction of sp³-hybridized carbons (Fsp3) is 0. The largest absolute Gasteiger partial charge is 0.309 e. The summed E-state index contributed by atoms with van der Waals surface area (Å²) in [5, 5.41) is 0. The quantitative estimate of drug-likeness (QED) is 0.727. The first-order valence-electron chi connectivity index (χ1n) is 4.54. The van der Waals surface area contributed by atoms with Crippen LogP contribution in [0.25, 0.3) is 0 Å². The van der Waals surface area contributed by atoms with Crippen molar-refractivity contribution < 1.29 is 9.47 Å². The van der Waals surface area contributed by atoms with Crippen molar-refractivity contribution in [1.29, 1.82) is 0 Å². The lowest BCUT2D eigenvalue weighted by atomic mass is 10.2. The Hall–Kier alpha value is -2.23. The zero-order valence-corrected chi connectivity index (χ0v) is 8.00. The Bertz CT molecular complexity index is 442. The first-order chi connectivity index (χ1) is 7.36. The molecule has 0 unspecified atom stereocenters. The second-order valence-electron chi connectivity index (χ2n) is 2.97. The molecule has 0 aliphatic heterocycles. The first kappa shape index (κ1) is 9.33. The van der Waals surface area contributed by atoms with E-state index in [-0.39, 0.29) is 5.91 Å². The molecule has 1 aromatic heterocycles. The number of hydrogen-bond donors (Lipinski definition) is 1. The SMILES string of the molecule is O=C(N[n+]1cccnc1)c1ccccc1. The summed E-state index contributed by atoms with van der Waals surface area (Å²) in [6, 6.07) is 10.8. The van der Waals surface area contributed by atoms with E-state index >= 15 is 0 Å². The lowest BCUT2D eigenvalue weighted by Gasteiger charge is -2.00. The van der Waals surface area contributed by atoms with Crippen molar-refractivity contribution in [2.45, 2.75) is 0 Å². The Labute approximate surface area is 87.2 Å².